The highest BCUT2D eigenvalue weighted by molar-refractivity contribution is 6.44. The predicted octanol–water partition coefficient (Wildman–Crippen LogP) is 4.78. The summed E-state index contributed by atoms with van der Waals surface area (Å²) in [5.41, 5.74) is 0.878. The lowest BCUT2D eigenvalue weighted by Crippen LogP contribution is -2.28. The van der Waals surface area contributed by atoms with E-state index in [2.05, 4.69) is 5.32 Å². The molecule has 0 spiro atoms. The van der Waals surface area contributed by atoms with E-state index >= 15 is 0 Å². The van der Waals surface area contributed by atoms with Gasteiger partial charge < -0.3 is 10.2 Å². The van der Waals surface area contributed by atoms with Crippen molar-refractivity contribution in [1.82, 2.24) is 0 Å². The van der Waals surface area contributed by atoms with Crippen molar-refractivity contribution in [2.45, 2.75) is 6.42 Å². The maximum atomic E-state index is 13.0. The minimum absolute atomic E-state index is 0.0577. The molecule has 130 valence electrons. The maximum Gasteiger partial charge on any atom is 0.229 e. The molecule has 3 rings (SSSR count). The molecular formula is C17H12Cl3FN2O2. The Labute approximate surface area is 158 Å². The molecule has 2 amide bonds. The van der Waals surface area contributed by atoms with Crippen LogP contribution in [0.1, 0.15) is 6.42 Å². The fourth-order valence-electron chi connectivity index (χ4n) is 2.61. The Balaban J connectivity index is 1.73. The Kier molecular flexibility index (Phi) is 5.18. The first-order chi connectivity index (χ1) is 11.8. The molecule has 4 nitrogen and oxygen atoms in total. The highest BCUT2D eigenvalue weighted by atomic mass is 35.5. The number of hydrogen-bond donors (Lipinski definition) is 1. The fraction of sp³-hybridized carbons (Fsp3) is 0.176. The third-order valence-corrected chi connectivity index (χ3v) is 4.94. The van der Waals surface area contributed by atoms with Crippen molar-refractivity contribution in [2.75, 3.05) is 16.8 Å². The second kappa shape index (κ2) is 7.20. The summed E-state index contributed by atoms with van der Waals surface area (Å²) in [6, 6.07) is 8.44. The molecule has 8 heteroatoms. The van der Waals surface area contributed by atoms with Crippen LogP contribution in [0.15, 0.2) is 36.4 Å². The van der Waals surface area contributed by atoms with E-state index in [-0.39, 0.29) is 45.7 Å². The quantitative estimate of drug-likeness (QED) is 0.753. The van der Waals surface area contributed by atoms with Crippen LogP contribution in [-0.2, 0) is 9.59 Å². The average molecular weight is 402 g/mol. The number of carbonyl (C=O) groups is 2. The zero-order chi connectivity index (χ0) is 18.1. The molecule has 0 aliphatic carbocycles. The van der Waals surface area contributed by atoms with Crippen LogP contribution in [0.4, 0.5) is 15.8 Å². The van der Waals surface area contributed by atoms with Crippen LogP contribution in [0, 0.1) is 11.7 Å². The van der Waals surface area contributed by atoms with Gasteiger partial charge in [-0.3, -0.25) is 9.59 Å². The smallest absolute Gasteiger partial charge is 0.229 e. The maximum absolute atomic E-state index is 13.0. The molecule has 0 unspecified atom stereocenters. The van der Waals surface area contributed by atoms with Gasteiger partial charge in [-0.2, -0.15) is 0 Å². The number of nitrogens with one attached hydrogen (secondary N) is 1. The number of hydrogen-bond acceptors (Lipinski definition) is 2. The standard InChI is InChI=1S/C17H12Cl3FN2O2/c18-12-6-14(20)15(7-13(12)19)22-17(25)9-5-16(24)23(8-9)11-3-1-10(21)2-4-11/h1-4,6-7,9H,5,8H2,(H,22,25)/t9-/m1/s1. The van der Waals surface area contributed by atoms with Gasteiger partial charge in [0.15, 0.2) is 0 Å². The van der Waals surface area contributed by atoms with Gasteiger partial charge in [0.05, 0.1) is 26.7 Å². The Morgan fingerprint density at radius 2 is 1.72 bits per heavy atom. The van der Waals surface area contributed by atoms with Gasteiger partial charge in [-0.1, -0.05) is 34.8 Å². The van der Waals surface area contributed by atoms with Crippen LogP contribution in [0.25, 0.3) is 0 Å². The van der Waals surface area contributed by atoms with E-state index in [0.29, 0.717) is 11.4 Å². The number of benzene rings is 2. The van der Waals surface area contributed by atoms with Gasteiger partial charge in [-0.05, 0) is 36.4 Å². The van der Waals surface area contributed by atoms with Crippen LogP contribution < -0.4 is 10.2 Å². The summed E-state index contributed by atoms with van der Waals surface area (Å²) >= 11 is 17.8. The van der Waals surface area contributed by atoms with Gasteiger partial charge in [0, 0.05) is 18.7 Å². The van der Waals surface area contributed by atoms with E-state index in [4.69, 9.17) is 34.8 Å². The molecule has 1 aliphatic heterocycles. The third kappa shape index (κ3) is 3.89. The van der Waals surface area contributed by atoms with Crippen molar-refractivity contribution in [3.8, 4) is 0 Å². The lowest BCUT2D eigenvalue weighted by Gasteiger charge is -2.17. The molecule has 1 aliphatic rings. The summed E-state index contributed by atoms with van der Waals surface area (Å²) in [5.74, 6) is -1.49. The highest BCUT2D eigenvalue weighted by Crippen LogP contribution is 2.33. The second-order valence-electron chi connectivity index (χ2n) is 5.62. The lowest BCUT2D eigenvalue weighted by atomic mass is 10.1. The van der Waals surface area contributed by atoms with E-state index in [1.165, 1.54) is 41.3 Å². The van der Waals surface area contributed by atoms with Gasteiger partial charge >= 0.3 is 0 Å². The largest absolute Gasteiger partial charge is 0.324 e. The van der Waals surface area contributed by atoms with Crippen LogP contribution in [0.5, 0.6) is 0 Å². The molecule has 0 bridgehead atoms. The Bertz CT molecular complexity index is 843. The number of halogens is 4. The molecular weight excluding hydrogens is 390 g/mol. The van der Waals surface area contributed by atoms with Gasteiger partial charge in [-0.25, -0.2) is 4.39 Å². The summed E-state index contributed by atoms with van der Waals surface area (Å²) in [6.07, 6.45) is 0.0577. The number of carbonyl (C=O) groups excluding carboxylic acids is 2. The highest BCUT2D eigenvalue weighted by Gasteiger charge is 2.35. The SMILES string of the molecule is O=C(Nc1cc(Cl)c(Cl)cc1Cl)[C@@H]1CC(=O)N(c2ccc(F)cc2)C1. The van der Waals surface area contributed by atoms with Crippen molar-refractivity contribution in [3.05, 3.63) is 57.3 Å². The molecule has 1 saturated heterocycles. The molecule has 0 radical (unpaired) electrons. The predicted molar refractivity (Wildman–Crippen MR) is 97.0 cm³/mol. The van der Waals surface area contributed by atoms with Crippen LogP contribution >= 0.6 is 34.8 Å². The monoisotopic (exact) mass is 400 g/mol. The van der Waals surface area contributed by atoms with E-state index in [9.17, 15) is 14.0 Å². The number of anilines is 2. The number of nitrogens with zero attached hydrogens (tertiary/aromatic N) is 1. The summed E-state index contributed by atoms with van der Waals surface area (Å²) in [4.78, 5) is 26.1. The van der Waals surface area contributed by atoms with E-state index in [1.807, 2.05) is 0 Å². The molecule has 2 aromatic rings. The summed E-state index contributed by atoms with van der Waals surface area (Å²) in [7, 11) is 0. The topological polar surface area (TPSA) is 49.4 Å². The van der Waals surface area contributed by atoms with E-state index < -0.39 is 5.92 Å². The molecule has 0 aromatic heterocycles. The molecule has 2 aromatic carbocycles. The molecule has 25 heavy (non-hydrogen) atoms. The molecule has 1 N–H and O–H groups in total. The number of rotatable bonds is 3. The third-order valence-electron chi connectivity index (χ3n) is 3.90. The van der Waals surface area contributed by atoms with Crippen molar-refractivity contribution < 1.29 is 14.0 Å². The number of amides is 2. The molecule has 0 saturated carbocycles. The van der Waals surface area contributed by atoms with E-state index in [0.717, 1.165) is 0 Å². The van der Waals surface area contributed by atoms with Crippen LogP contribution in [0.2, 0.25) is 15.1 Å². The van der Waals surface area contributed by atoms with Crippen LogP contribution in [0.3, 0.4) is 0 Å². The minimum atomic E-state index is -0.553. The first kappa shape index (κ1) is 18.0. The Morgan fingerprint density at radius 1 is 1.08 bits per heavy atom. The minimum Gasteiger partial charge on any atom is -0.324 e. The van der Waals surface area contributed by atoms with Gasteiger partial charge in [-0.15, -0.1) is 0 Å². The molecule has 1 fully saturated rings. The molecule has 1 atom stereocenters. The van der Waals surface area contributed by atoms with E-state index in [1.54, 1.807) is 0 Å². The summed E-state index contributed by atoms with van der Waals surface area (Å²) < 4.78 is 13.0. The van der Waals surface area contributed by atoms with Gasteiger partial charge in [0.1, 0.15) is 5.82 Å². The first-order valence-electron chi connectivity index (χ1n) is 7.36. The Hall–Kier alpha value is -1.82. The zero-order valence-corrected chi connectivity index (χ0v) is 15.0. The second-order valence-corrected chi connectivity index (χ2v) is 6.84. The molecule has 1 heterocycles. The zero-order valence-electron chi connectivity index (χ0n) is 12.7. The normalized spacial score (nSPS) is 17.0. The van der Waals surface area contributed by atoms with Crippen LogP contribution in [-0.4, -0.2) is 18.4 Å². The summed E-state index contributed by atoms with van der Waals surface area (Å²) in [6.45, 7) is 0.204. The average Bonchev–Trinajstić information content (AvgIpc) is 2.95. The van der Waals surface area contributed by atoms with Crippen molar-refractivity contribution in [2.24, 2.45) is 5.92 Å². The van der Waals surface area contributed by atoms with Crippen molar-refractivity contribution in [1.29, 1.82) is 0 Å². The first-order valence-corrected chi connectivity index (χ1v) is 8.50. The Morgan fingerprint density at radius 3 is 2.40 bits per heavy atom. The van der Waals surface area contributed by atoms with Crippen molar-refractivity contribution >= 4 is 58.0 Å². The van der Waals surface area contributed by atoms with Gasteiger partial charge in [0.25, 0.3) is 0 Å². The fourth-order valence-corrected chi connectivity index (χ4v) is 3.20. The van der Waals surface area contributed by atoms with Gasteiger partial charge in [0.2, 0.25) is 11.8 Å². The lowest BCUT2D eigenvalue weighted by molar-refractivity contribution is -0.122. The van der Waals surface area contributed by atoms with Crippen molar-refractivity contribution in [3.63, 3.8) is 0 Å². The summed E-state index contributed by atoms with van der Waals surface area (Å²) in [5, 5.41) is 3.46.